The number of anilines is 1. The minimum atomic E-state index is -1.87. The Balaban J connectivity index is 1.45. The number of carbonyl (C=O) groups excluding carboxylic acids is 4. The predicted molar refractivity (Wildman–Crippen MR) is 150 cm³/mol. The lowest BCUT2D eigenvalue weighted by Crippen LogP contribution is -2.60. The summed E-state index contributed by atoms with van der Waals surface area (Å²) in [4.78, 5) is 53.5. The number of alkyl halides is 2. The Bertz CT molecular complexity index is 1690. The van der Waals surface area contributed by atoms with Crippen LogP contribution < -0.4 is 4.90 Å². The van der Waals surface area contributed by atoms with Crippen molar-refractivity contribution in [1.29, 1.82) is 0 Å². The van der Waals surface area contributed by atoms with E-state index in [4.69, 9.17) is 23.2 Å². The molecule has 6 unspecified atom stereocenters. The molecule has 0 bridgehead atoms. The molecule has 4 aliphatic rings. The first-order chi connectivity index (χ1) is 19.1. The standard InChI is InChI=1S/C31H24Cl2N2O5/c1-34-28(39)30(32)15-22-20(11-12-21-24(22)27(38)35(26(21)37)16-7-3-2-4-8-16)25(31(30,33)29(34)40)19-13-14-23(36)18-10-6-5-9-17(18)19/h2-11,13-14,21-22,24-25,36H,12,15H2,1H3. The molecule has 3 fully saturated rings. The summed E-state index contributed by atoms with van der Waals surface area (Å²) in [6, 6.07) is 19.2. The van der Waals surface area contributed by atoms with E-state index in [0.717, 1.165) is 10.5 Å². The number of nitrogens with zero attached hydrogens (tertiary/aromatic N) is 2. The topological polar surface area (TPSA) is 95.0 Å². The highest BCUT2D eigenvalue weighted by Gasteiger charge is 2.76. The van der Waals surface area contributed by atoms with Crippen molar-refractivity contribution in [3.8, 4) is 5.75 Å². The number of likely N-dealkylation sites (tertiary alicyclic amines) is 1. The zero-order chi connectivity index (χ0) is 28.1. The fourth-order valence-electron chi connectivity index (χ4n) is 7.48. The summed E-state index contributed by atoms with van der Waals surface area (Å²) in [7, 11) is 1.37. The highest BCUT2D eigenvalue weighted by Crippen LogP contribution is 2.66. The molecule has 0 aromatic heterocycles. The number of allylic oxidation sites excluding steroid dienone is 2. The molecule has 7 rings (SSSR count). The summed E-state index contributed by atoms with van der Waals surface area (Å²) in [5, 5.41) is 11.8. The van der Waals surface area contributed by atoms with Gasteiger partial charge < -0.3 is 5.11 Å². The molecule has 0 radical (unpaired) electrons. The second-order valence-corrected chi connectivity index (χ2v) is 12.3. The number of hydrogen-bond donors (Lipinski definition) is 1. The van der Waals surface area contributed by atoms with Crippen LogP contribution in [0, 0.1) is 17.8 Å². The zero-order valence-electron chi connectivity index (χ0n) is 21.4. The lowest BCUT2D eigenvalue weighted by atomic mass is 9.56. The van der Waals surface area contributed by atoms with E-state index in [1.807, 2.05) is 24.3 Å². The summed E-state index contributed by atoms with van der Waals surface area (Å²) in [5.41, 5.74) is 1.83. The molecule has 40 heavy (non-hydrogen) atoms. The van der Waals surface area contributed by atoms with Crippen LogP contribution in [-0.2, 0) is 19.2 Å². The molecular formula is C31H24Cl2N2O5. The Kier molecular flexibility index (Phi) is 5.32. The maximum absolute atomic E-state index is 14.0. The highest BCUT2D eigenvalue weighted by molar-refractivity contribution is 6.53. The van der Waals surface area contributed by atoms with Crippen molar-refractivity contribution < 1.29 is 24.3 Å². The predicted octanol–water partition coefficient (Wildman–Crippen LogP) is 4.74. The summed E-state index contributed by atoms with van der Waals surface area (Å²) in [5.74, 6) is -4.68. The fraction of sp³-hybridized carbons (Fsp3) is 0.290. The number of carbonyl (C=O) groups is 4. The molecule has 2 heterocycles. The Morgan fingerprint density at radius 3 is 2.23 bits per heavy atom. The van der Waals surface area contributed by atoms with Gasteiger partial charge in [0.05, 0.1) is 17.5 Å². The van der Waals surface area contributed by atoms with Crippen LogP contribution in [-0.4, -0.2) is 50.4 Å². The van der Waals surface area contributed by atoms with Crippen LogP contribution in [0.15, 0.2) is 78.4 Å². The van der Waals surface area contributed by atoms with Gasteiger partial charge in [-0.1, -0.05) is 60.2 Å². The molecule has 7 nitrogen and oxygen atoms in total. The summed E-state index contributed by atoms with van der Waals surface area (Å²) < 4.78 is 0. The number of hydrogen-bond acceptors (Lipinski definition) is 5. The number of imide groups is 2. The largest absolute Gasteiger partial charge is 0.507 e. The third-order valence-corrected chi connectivity index (χ3v) is 10.7. The van der Waals surface area contributed by atoms with Crippen LogP contribution in [0.1, 0.15) is 24.3 Å². The van der Waals surface area contributed by atoms with E-state index in [1.165, 1.54) is 18.0 Å². The molecule has 202 valence electrons. The molecule has 1 saturated carbocycles. The van der Waals surface area contributed by atoms with Gasteiger partial charge in [-0.3, -0.25) is 29.0 Å². The monoisotopic (exact) mass is 574 g/mol. The van der Waals surface area contributed by atoms with Crippen LogP contribution in [0.25, 0.3) is 10.8 Å². The van der Waals surface area contributed by atoms with Crippen LogP contribution in [0.4, 0.5) is 5.69 Å². The number of phenolic OH excluding ortho intramolecular Hbond substituents is 1. The van der Waals surface area contributed by atoms with Gasteiger partial charge >= 0.3 is 0 Å². The van der Waals surface area contributed by atoms with Crippen LogP contribution in [0.3, 0.4) is 0 Å². The van der Waals surface area contributed by atoms with E-state index >= 15 is 0 Å². The first-order valence-electron chi connectivity index (χ1n) is 13.1. The molecule has 2 aliphatic heterocycles. The molecule has 9 heteroatoms. The second kappa shape index (κ2) is 8.41. The first-order valence-corrected chi connectivity index (χ1v) is 13.9. The van der Waals surface area contributed by atoms with Gasteiger partial charge in [0, 0.05) is 18.4 Å². The van der Waals surface area contributed by atoms with E-state index in [-0.39, 0.29) is 30.4 Å². The molecule has 2 aliphatic carbocycles. The third kappa shape index (κ3) is 2.97. The van der Waals surface area contributed by atoms with Crippen molar-refractivity contribution in [3.63, 3.8) is 0 Å². The first kappa shape index (κ1) is 25.3. The zero-order valence-corrected chi connectivity index (χ0v) is 22.9. The van der Waals surface area contributed by atoms with Gasteiger partial charge in [-0.15, -0.1) is 23.2 Å². The van der Waals surface area contributed by atoms with Gasteiger partial charge in [0.2, 0.25) is 11.8 Å². The van der Waals surface area contributed by atoms with Crippen molar-refractivity contribution in [3.05, 3.63) is 83.9 Å². The number of fused-ring (bicyclic) bond motifs is 5. The number of para-hydroxylation sites is 1. The molecule has 4 amide bonds. The van der Waals surface area contributed by atoms with E-state index in [1.54, 1.807) is 42.5 Å². The normalized spacial score (nSPS) is 33.2. The number of amides is 4. The van der Waals surface area contributed by atoms with Gasteiger partial charge in [-0.25, -0.2) is 0 Å². The quantitative estimate of drug-likeness (QED) is 0.271. The van der Waals surface area contributed by atoms with Gasteiger partial charge in [0.25, 0.3) is 11.8 Å². The average molecular weight is 575 g/mol. The number of halogens is 2. The van der Waals surface area contributed by atoms with Gasteiger partial charge in [-0.2, -0.15) is 0 Å². The summed E-state index contributed by atoms with van der Waals surface area (Å²) in [6.07, 6.45) is 2.14. The molecular weight excluding hydrogens is 551 g/mol. The Labute approximate surface area is 239 Å². The van der Waals surface area contributed by atoms with E-state index in [0.29, 0.717) is 22.0 Å². The second-order valence-electron chi connectivity index (χ2n) is 11.1. The molecule has 2 saturated heterocycles. The van der Waals surface area contributed by atoms with Crippen LogP contribution >= 0.6 is 23.2 Å². The smallest absolute Gasteiger partial charge is 0.253 e. The van der Waals surface area contributed by atoms with Crippen molar-refractivity contribution in [2.75, 3.05) is 11.9 Å². The molecule has 1 N–H and O–H groups in total. The van der Waals surface area contributed by atoms with Crippen molar-refractivity contribution in [2.24, 2.45) is 17.8 Å². The maximum Gasteiger partial charge on any atom is 0.253 e. The Morgan fingerprint density at radius 2 is 1.50 bits per heavy atom. The third-order valence-electron chi connectivity index (χ3n) is 9.27. The summed E-state index contributed by atoms with van der Waals surface area (Å²) in [6.45, 7) is 0. The van der Waals surface area contributed by atoms with E-state index < -0.39 is 45.2 Å². The molecule has 6 atom stereocenters. The van der Waals surface area contributed by atoms with Crippen molar-refractivity contribution >= 4 is 63.3 Å². The number of aromatic hydroxyl groups is 1. The lowest BCUT2D eigenvalue weighted by molar-refractivity contribution is -0.138. The Morgan fingerprint density at radius 1 is 0.825 bits per heavy atom. The average Bonchev–Trinajstić information content (AvgIpc) is 3.29. The number of benzene rings is 3. The van der Waals surface area contributed by atoms with Gasteiger partial charge in [0.15, 0.2) is 9.75 Å². The SMILES string of the molecule is CN1C(=O)C2(Cl)CC3C(=CCC4C(=O)N(c5ccccc5)C(=O)C43)C(c3ccc(O)c4ccccc34)C2(Cl)C1=O. The number of phenols is 1. The maximum atomic E-state index is 14.0. The van der Waals surface area contributed by atoms with Gasteiger partial charge in [-0.05, 0) is 47.9 Å². The minimum Gasteiger partial charge on any atom is -0.507 e. The minimum absolute atomic E-state index is 0.0613. The lowest BCUT2D eigenvalue weighted by Gasteiger charge is -2.51. The molecule has 3 aromatic carbocycles. The highest BCUT2D eigenvalue weighted by atomic mass is 35.5. The van der Waals surface area contributed by atoms with Crippen molar-refractivity contribution in [1.82, 2.24) is 4.90 Å². The van der Waals surface area contributed by atoms with Gasteiger partial charge in [0.1, 0.15) is 5.75 Å². The van der Waals surface area contributed by atoms with E-state index in [2.05, 4.69) is 0 Å². The summed E-state index contributed by atoms with van der Waals surface area (Å²) >= 11 is 14.5. The molecule has 0 spiro atoms. The Hall–Kier alpha value is -3.68. The van der Waals surface area contributed by atoms with Crippen LogP contribution in [0.2, 0.25) is 0 Å². The van der Waals surface area contributed by atoms with E-state index in [9.17, 15) is 24.3 Å². The van der Waals surface area contributed by atoms with Crippen molar-refractivity contribution in [2.45, 2.75) is 28.5 Å². The van der Waals surface area contributed by atoms with Crippen LogP contribution in [0.5, 0.6) is 5.75 Å². The molecule has 3 aromatic rings. The fourth-order valence-corrected chi connectivity index (χ4v) is 8.49. The number of rotatable bonds is 2.